The van der Waals surface area contributed by atoms with Gasteiger partial charge in [-0.3, -0.25) is 0 Å². The number of aryl methyl sites for hydroxylation is 3. The first-order chi connectivity index (χ1) is 14.0. The van der Waals surface area contributed by atoms with E-state index in [1.807, 2.05) is 49.4 Å². The molecule has 4 rings (SSSR count). The Morgan fingerprint density at radius 3 is 2.28 bits per heavy atom. The van der Waals surface area contributed by atoms with Crippen LogP contribution in [0.3, 0.4) is 0 Å². The van der Waals surface area contributed by atoms with Crippen LogP contribution in [-0.4, -0.2) is 19.8 Å². The standard InChI is InChI=1S/C24H22N4O/c1-17-8-7-11-23(28-24(29)27(3)25-26-28)22(17)15-14-19-12-13-21(16-18(19)2)20-9-5-4-6-10-20/h4-16H,1-3H3. The Kier molecular flexibility index (Phi) is 4.96. The Labute approximate surface area is 169 Å². The first-order valence-corrected chi connectivity index (χ1v) is 9.48. The van der Waals surface area contributed by atoms with Crippen LogP contribution in [0.4, 0.5) is 0 Å². The summed E-state index contributed by atoms with van der Waals surface area (Å²) in [5.74, 6) is 0. The monoisotopic (exact) mass is 382 g/mol. The molecule has 0 aliphatic rings. The second kappa shape index (κ2) is 7.72. The molecule has 0 aliphatic carbocycles. The fourth-order valence-corrected chi connectivity index (χ4v) is 3.38. The molecular formula is C24H22N4O. The number of rotatable bonds is 4. The second-order valence-electron chi connectivity index (χ2n) is 7.08. The molecule has 0 bridgehead atoms. The van der Waals surface area contributed by atoms with E-state index >= 15 is 0 Å². The molecule has 0 spiro atoms. The molecule has 5 heteroatoms. The third kappa shape index (κ3) is 3.67. The van der Waals surface area contributed by atoms with Crippen molar-refractivity contribution < 1.29 is 0 Å². The van der Waals surface area contributed by atoms with Crippen molar-refractivity contribution in [1.29, 1.82) is 0 Å². The Bertz CT molecular complexity index is 1250. The minimum atomic E-state index is -0.270. The van der Waals surface area contributed by atoms with Crippen LogP contribution in [0.1, 0.15) is 22.3 Å². The molecule has 29 heavy (non-hydrogen) atoms. The fraction of sp³-hybridized carbons (Fsp3) is 0.125. The average molecular weight is 382 g/mol. The summed E-state index contributed by atoms with van der Waals surface area (Å²) in [6.45, 7) is 4.13. The number of hydrogen-bond donors (Lipinski definition) is 0. The highest BCUT2D eigenvalue weighted by atomic mass is 16.2. The zero-order valence-electron chi connectivity index (χ0n) is 16.7. The van der Waals surface area contributed by atoms with Crippen LogP contribution in [0.15, 0.2) is 71.5 Å². The van der Waals surface area contributed by atoms with E-state index in [2.05, 4.69) is 53.8 Å². The van der Waals surface area contributed by atoms with E-state index in [1.165, 1.54) is 26.1 Å². The molecular weight excluding hydrogens is 360 g/mol. The molecule has 1 heterocycles. The molecule has 0 radical (unpaired) electrons. The van der Waals surface area contributed by atoms with Crippen molar-refractivity contribution >= 4 is 12.2 Å². The van der Waals surface area contributed by atoms with E-state index in [1.54, 1.807) is 7.05 Å². The van der Waals surface area contributed by atoms with Gasteiger partial charge in [-0.1, -0.05) is 72.8 Å². The predicted molar refractivity (Wildman–Crippen MR) is 117 cm³/mol. The van der Waals surface area contributed by atoms with Crippen molar-refractivity contribution in [3.05, 3.63) is 99.5 Å². The minimum Gasteiger partial charge on any atom is -0.244 e. The van der Waals surface area contributed by atoms with Crippen molar-refractivity contribution in [2.24, 2.45) is 7.05 Å². The van der Waals surface area contributed by atoms with E-state index in [9.17, 15) is 4.79 Å². The summed E-state index contributed by atoms with van der Waals surface area (Å²) in [6, 6.07) is 22.6. The van der Waals surface area contributed by atoms with Gasteiger partial charge in [0.2, 0.25) is 0 Å². The number of tetrazole rings is 1. The molecule has 0 atom stereocenters. The van der Waals surface area contributed by atoms with Gasteiger partial charge in [0.05, 0.1) is 5.69 Å². The summed E-state index contributed by atoms with van der Waals surface area (Å²) in [5.41, 5.74) is 7.18. The average Bonchev–Trinajstić information content (AvgIpc) is 3.07. The van der Waals surface area contributed by atoms with Crippen LogP contribution < -0.4 is 5.69 Å². The second-order valence-corrected chi connectivity index (χ2v) is 7.08. The van der Waals surface area contributed by atoms with Crippen LogP contribution in [0.2, 0.25) is 0 Å². The van der Waals surface area contributed by atoms with Gasteiger partial charge in [0.15, 0.2) is 0 Å². The van der Waals surface area contributed by atoms with Gasteiger partial charge in [0.1, 0.15) is 0 Å². The summed E-state index contributed by atoms with van der Waals surface area (Å²) >= 11 is 0. The lowest BCUT2D eigenvalue weighted by molar-refractivity contribution is 0.693. The van der Waals surface area contributed by atoms with Gasteiger partial charge < -0.3 is 0 Å². The minimum absolute atomic E-state index is 0.270. The van der Waals surface area contributed by atoms with Crippen molar-refractivity contribution in [3.63, 3.8) is 0 Å². The van der Waals surface area contributed by atoms with Gasteiger partial charge in [-0.05, 0) is 58.2 Å². The fourth-order valence-electron chi connectivity index (χ4n) is 3.38. The Morgan fingerprint density at radius 1 is 0.793 bits per heavy atom. The van der Waals surface area contributed by atoms with Crippen molar-refractivity contribution in [1.82, 2.24) is 19.8 Å². The molecule has 0 N–H and O–H groups in total. The van der Waals surface area contributed by atoms with Crippen LogP contribution in [0, 0.1) is 13.8 Å². The lowest BCUT2D eigenvalue weighted by Gasteiger charge is -2.09. The zero-order chi connectivity index (χ0) is 20.4. The topological polar surface area (TPSA) is 52.7 Å². The molecule has 144 valence electrons. The molecule has 0 aliphatic heterocycles. The first kappa shape index (κ1) is 18.6. The van der Waals surface area contributed by atoms with Crippen LogP contribution >= 0.6 is 0 Å². The number of hydrogen-bond acceptors (Lipinski definition) is 3. The van der Waals surface area contributed by atoms with Crippen molar-refractivity contribution in [3.8, 4) is 16.8 Å². The van der Waals surface area contributed by atoms with E-state index in [0.29, 0.717) is 0 Å². The number of nitrogens with zero attached hydrogens (tertiary/aromatic N) is 4. The van der Waals surface area contributed by atoms with E-state index in [4.69, 9.17) is 0 Å². The van der Waals surface area contributed by atoms with Gasteiger partial charge in [-0.2, -0.15) is 9.36 Å². The van der Waals surface area contributed by atoms with Crippen LogP contribution in [0.5, 0.6) is 0 Å². The maximum Gasteiger partial charge on any atom is 0.368 e. The molecule has 0 saturated heterocycles. The van der Waals surface area contributed by atoms with E-state index < -0.39 is 0 Å². The molecule has 3 aromatic carbocycles. The molecule has 0 fully saturated rings. The van der Waals surface area contributed by atoms with Gasteiger partial charge in [0, 0.05) is 12.6 Å². The Balaban J connectivity index is 1.72. The third-order valence-corrected chi connectivity index (χ3v) is 5.06. The highest BCUT2D eigenvalue weighted by Crippen LogP contribution is 2.25. The van der Waals surface area contributed by atoms with Gasteiger partial charge in [-0.25, -0.2) is 4.79 Å². The smallest absolute Gasteiger partial charge is 0.244 e. The molecule has 0 unspecified atom stereocenters. The first-order valence-electron chi connectivity index (χ1n) is 9.48. The third-order valence-electron chi connectivity index (χ3n) is 5.06. The van der Waals surface area contributed by atoms with Crippen LogP contribution in [0.25, 0.3) is 29.0 Å². The molecule has 1 aromatic heterocycles. The lowest BCUT2D eigenvalue weighted by Crippen LogP contribution is -2.22. The van der Waals surface area contributed by atoms with Gasteiger partial charge in [0.25, 0.3) is 0 Å². The molecule has 0 saturated carbocycles. The zero-order valence-corrected chi connectivity index (χ0v) is 16.7. The summed E-state index contributed by atoms with van der Waals surface area (Å²) in [4.78, 5) is 12.3. The highest BCUT2D eigenvalue weighted by Gasteiger charge is 2.11. The maximum atomic E-state index is 12.3. The van der Waals surface area contributed by atoms with Crippen LogP contribution in [-0.2, 0) is 7.05 Å². The van der Waals surface area contributed by atoms with E-state index in [0.717, 1.165) is 22.4 Å². The SMILES string of the molecule is Cc1cc(-c2ccccc2)ccc1C=Cc1c(C)cccc1-n1nnn(C)c1=O. The number of benzene rings is 3. The summed E-state index contributed by atoms with van der Waals surface area (Å²) in [6.07, 6.45) is 4.12. The summed E-state index contributed by atoms with van der Waals surface area (Å²) in [5, 5.41) is 7.82. The Morgan fingerprint density at radius 2 is 1.59 bits per heavy atom. The summed E-state index contributed by atoms with van der Waals surface area (Å²) < 4.78 is 2.56. The maximum absolute atomic E-state index is 12.3. The van der Waals surface area contributed by atoms with E-state index in [-0.39, 0.29) is 5.69 Å². The highest BCUT2D eigenvalue weighted by molar-refractivity contribution is 5.78. The number of aromatic nitrogens is 4. The molecule has 4 aromatic rings. The van der Waals surface area contributed by atoms with Crippen molar-refractivity contribution in [2.45, 2.75) is 13.8 Å². The molecule has 0 amide bonds. The quantitative estimate of drug-likeness (QED) is 0.491. The lowest BCUT2D eigenvalue weighted by atomic mass is 9.98. The normalized spacial score (nSPS) is 11.3. The van der Waals surface area contributed by atoms with Gasteiger partial charge in [-0.15, -0.1) is 0 Å². The largest absolute Gasteiger partial charge is 0.368 e. The molecule has 5 nitrogen and oxygen atoms in total. The van der Waals surface area contributed by atoms with Gasteiger partial charge >= 0.3 is 5.69 Å². The predicted octanol–water partition coefficient (Wildman–Crippen LogP) is 4.42. The van der Waals surface area contributed by atoms with Crippen molar-refractivity contribution in [2.75, 3.05) is 0 Å². The Hall–Kier alpha value is -3.73. The summed E-state index contributed by atoms with van der Waals surface area (Å²) in [7, 11) is 1.59.